The lowest BCUT2D eigenvalue weighted by molar-refractivity contribution is -0.141. The fraction of sp³-hybridized carbons (Fsp3) is 0.737. The second kappa shape index (κ2) is 13.9. The number of carbonyl (C=O) groups excluding carboxylic acids is 4. The van der Waals surface area contributed by atoms with Crippen molar-refractivity contribution in [2.24, 2.45) is 23.3 Å². The molecular formula is C19H35N5O6S. The van der Waals surface area contributed by atoms with Crippen molar-refractivity contribution in [1.29, 1.82) is 0 Å². The van der Waals surface area contributed by atoms with Gasteiger partial charge in [0.1, 0.15) is 18.1 Å². The molecule has 8 N–H and O–H groups in total. The zero-order valence-electron chi connectivity index (χ0n) is 18.4. The van der Waals surface area contributed by atoms with Gasteiger partial charge in [-0.3, -0.25) is 19.2 Å². The third-order valence-corrected chi connectivity index (χ3v) is 4.84. The van der Waals surface area contributed by atoms with E-state index in [1.165, 1.54) is 0 Å². The van der Waals surface area contributed by atoms with Gasteiger partial charge in [0.15, 0.2) is 0 Å². The number of carbonyl (C=O) groups is 5. The molecule has 0 saturated carbocycles. The van der Waals surface area contributed by atoms with Gasteiger partial charge >= 0.3 is 5.97 Å². The first-order chi connectivity index (χ1) is 14.3. The van der Waals surface area contributed by atoms with Crippen LogP contribution in [0, 0.1) is 11.8 Å². The van der Waals surface area contributed by atoms with Crippen LogP contribution in [-0.4, -0.2) is 64.6 Å². The summed E-state index contributed by atoms with van der Waals surface area (Å²) in [4.78, 5) is 60.1. The predicted octanol–water partition coefficient (Wildman–Crippen LogP) is -1.25. The van der Waals surface area contributed by atoms with Gasteiger partial charge in [0.05, 0.1) is 6.04 Å². The molecule has 0 aromatic carbocycles. The Hall–Kier alpha value is -2.34. The van der Waals surface area contributed by atoms with Crippen molar-refractivity contribution < 1.29 is 29.1 Å². The Labute approximate surface area is 187 Å². The molecule has 11 nitrogen and oxygen atoms in total. The Morgan fingerprint density at radius 3 is 1.77 bits per heavy atom. The van der Waals surface area contributed by atoms with E-state index in [2.05, 4.69) is 28.6 Å². The van der Waals surface area contributed by atoms with Crippen LogP contribution in [-0.2, 0) is 24.0 Å². The number of primary amides is 1. The van der Waals surface area contributed by atoms with Gasteiger partial charge in [-0.05, 0) is 24.7 Å². The van der Waals surface area contributed by atoms with Gasteiger partial charge in [0.2, 0.25) is 23.6 Å². The molecule has 0 aliphatic heterocycles. The number of aliphatic carboxylic acids is 1. The molecule has 4 amide bonds. The molecule has 0 rings (SSSR count). The van der Waals surface area contributed by atoms with Crippen LogP contribution in [0.3, 0.4) is 0 Å². The molecular weight excluding hydrogens is 426 g/mol. The van der Waals surface area contributed by atoms with Crippen molar-refractivity contribution in [1.82, 2.24) is 16.0 Å². The summed E-state index contributed by atoms with van der Waals surface area (Å²) in [6.07, 6.45) is -0.0724. The fourth-order valence-corrected chi connectivity index (χ4v) is 2.81. The van der Waals surface area contributed by atoms with E-state index < -0.39 is 53.8 Å². The smallest absolute Gasteiger partial charge is 0.327 e. The lowest BCUT2D eigenvalue weighted by Crippen LogP contribution is -2.58. The van der Waals surface area contributed by atoms with Crippen LogP contribution in [0.5, 0.6) is 0 Å². The molecule has 4 unspecified atom stereocenters. The molecule has 0 heterocycles. The number of hydrogen-bond acceptors (Lipinski definition) is 7. The Morgan fingerprint density at radius 1 is 0.871 bits per heavy atom. The van der Waals surface area contributed by atoms with Crippen molar-refractivity contribution in [3.63, 3.8) is 0 Å². The fourth-order valence-electron chi connectivity index (χ4n) is 2.56. The molecule has 0 aromatic heterocycles. The first-order valence-electron chi connectivity index (χ1n) is 10.1. The quantitative estimate of drug-likeness (QED) is 0.157. The minimum Gasteiger partial charge on any atom is -0.480 e. The van der Waals surface area contributed by atoms with Gasteiger partial charge < -0.3 is 32.5 Å². The summed E-state index contributed by atoms with van der Waals surface area (Å²) in [5, 5.41) is 16.5. The van der Waals surface area contributed by atoms with E-state index in [1.807, 2.05) is 13.8 Å². The van der Waals surface area contributed by atoms with Crippen LogP contribution in [0.15, 0.2) is 0 Å². The molecule has 0 bridgehead atoms. The Bertz CT molecular complexity index is 658. The average Bonchev–Trinajstić information content (AvgIpc) is 2.66. The highest BCUT2D eigenvalue weighted by Crippen LogP contribution is 2.08. The lowest BCUT2D eigenvalue weighted by Gasteiger charge is -2.26. The zero-order chi connectivity index (χ0) is 24.3. The van der Waals surface area contributed by atoms with Gasteiger partial charge in [-0.25, -0.2) is 4.79 Å². The van der Waals surface area contributed by atoms with E-state index >= 15 is 0 Å². The van der Waals surface area contributed by atoms with Gasteiger partial charge in [0, 0.05) is 12.2 Å². The van der Waals surface area contributed by atoms with Crippen molar-refractivity contribution in [3.8, 4) is 0 Å². The molecule has 4 atom stereocenters. The number of nitrogens with two attached hydrogens (primary N) is 2. The number of carboxylic acids is 1. The largest absolute Gasteiger partial charge is 0.480 e. The number of thiol groups is 1. The standard InChI is InChI=1S/C19H35N5O6S/c1-9(2)7-12(23-18(28)15(21)10(3)4)17(27)22-11(5-6-14(20)25)16(26)24-13(8-31)19(29)30/h9-13,15,31H,5-8,21H2,1-4H3,(H2,20,25)(H,22,27)(H,23,28)(H,24,26)(H,29,30). The Morgan fingerprint density at radius 2 is 1.35 bits per heavy atom. The topological polar surface area (TPSA) is 194 Å². The first-order valence-corrected chi connectivity index (χ1v) is 10.7. The first kappa shape index (κ1) is 28.7. The summed E-state index contributed by atoms with van der Waals surface area (Å²) in [6, 6.07) is -4.30. The van der Waals surface area contributed by atoms with Crippen LogP contribution >= 0.6 is 12.6 Å². The lowest BCUT2D eigenvalue weighted by atomic mass is 10.00. The average molecular weight is 462 g/mol. The number of amides is 4. The van der Waals surface area contributed by atoms with Crippen LogP contribution < -0.4 is 27.4 Å². The molecule has 12 heteroatoms. The molecule has 0 fully saturated rings. The zero-order valence-corrected chi connectivity index (χ0v) is 19.3. The molecule has 31 heavy (non-hydrogen) atoms. The summed E-state index contributed by atoms with van der Waals surface area (Å²) in [5.41, 5.74) is 11.0. The molecule has 0 radical (unpaired) electrons. The van der Waals surface area contributed by atoms with E-state index in [0.717, 1.165) is 0 Å². The molecule has 0 aliphatic carbocycles. The SMILES string of the molecule is CC(C)CC(NC(=O)C(N)C(C)C)C(=O)NC(CCC(N)=O)C(=O)NC(CS)C(=O)O. The maximum Gasteiger partial charge on any atom is 0.327 e. The third kappa shape index (κ3) is 11.0. The van der Waals surface area contributed by atoms with Crippen LogP contribution in [0.1, 0.15) is 47.0 Å². The maximum atomic E-state index is 12.9. The van der Waals surface area contributed by atoms with Crippen LogP contribution in [0.25, 0.3) is 0 Å². The van der Waals surface area contributed by atoms with E-state index in [4.69, 9.17) is 16.6 Å². The molecule has 0 spiro atoms. The van der Waals surface area contributed by atoms with Gasteiger partial charge in [0.25, 0.3) is 0 Å². The minimum atomic E-state index is -1.30. The van der Waals surface area contributed by atoms with Crippen LogP contribution in [0.2, 0.25) is 0 Å². The number of rotatable bonds is 14. The summed E-state index contributed by atoms with van der Waals surface area (Å²) in [6.45, 7) is 7.26. The van der Waals surface area contributed by atoms with Crippen LogP contribution in [0.4, 0.5) is 0 Å². The van der Waals surface area contributed by atoms with Gasteiger partial charge in [-0.15, -0.1) is 0 Å². The number of carboxylic acid groups (broad SMARTS) is 1. The second-order valence-corrected chi connectivity index (χ2v) is 8.47. The second-order valence-electron chi connectivity index (χ2n) is 8.11. The number of hydrogen-bond donors (Lipinski definition) is 7. The molecule has 0 saturated heterocycles. The molecule has 0 aromatic rings. The van der Waals surface area contributed by atoms with Gasteiger partial charge in [-0.1, -0.05) is 27.7 Å². The summed E-state index contributed by atoms with van der Waals surface area (Å²) < 4.78 is 0. The van der Waals surface area contributed by atoms with Crippen molar-refractivity contribution in [2.45, 2.75) is 71.1 Å². The summed E-state index contributed by atoms with van der Waals surface area (Å²) in [5.74, 6) is -4.23. The van der Waals surface area contributed by atoms with E-state index in [1.54, 1.807) is 13.8 Å². The van der Waals surface area contributed by atoms with E-state index in [0.29, 0.717) is 0 Å². The van der Waals surface area contributed by atoms with Crippen molar-refractivity contribution in [2.75, 3.05) is 5.75 Å². The monoisotopic (exact) mass is 461 g/mol. The van der Waals surface area contributed by atoms with Crippen molar-refractivity contribution in [3.05, 3.63) is 0 Å². The highest BCUT2D eigenvalue weighted by atomic mass is 32.1. The van der Waals surface area contributed by atoms with E-state index in [9.17, 15) is 24.0 Å². The molecule has 0 aliphatic rings. The highest BCUT2D eigenvalue weighted by molar-refractivity contribution is 7.80. The minimum absolute atomic E-state index is 0.0322. The highest BCUT2D eigenvalue weighted by Gasteiger charge is 2.31. The maximum absolute atomic E-state index is 12.9. The Kier molecular flexibility index (Phi) is 12.8. The molecule has 178 valence electrons. The Balaban J connectivity index is 5.49. The van der Waals surface area contributed by atoms with Crippen molar-refractivity contribution >= 4 is 42.2 Å². The third-order valence-electron chi connectivity index (χ3n) is 4.47. The number of nitrogens with one attached hydrogen (secondary N) is 3. The predicted molar refractivity (Wildman–Crippen MR) is 118 cm³/mol. The summed E-state index contributed by atoms with van der Waals surface area (Å²) >= 11 is 3.88. The normalized spacial score (nSPS) is 15.0. The van der Waals surface area contributed by atoms with E-state index in [-0.39, 0.29) is 36.9 Å². The summed E-state index contributed by atoms with van der Waals surface area (Å²) in [7, 11) is 0. The van der Waals surface area contributed by atoms with Gasteiger partial charge in [-0.2, -0.15) is 12.6 Å².